The van der Waals surface area contributed by atoms with Gasteiger partial charge in [-0.3, -0.25) is 4.74 Å². The van der Waals surface area contributed by atoms with Crippen LogP contribution >= 0.6 is 8.25 Å². The first-order valence-corrected chi connectivity index (χ1v) is 7.40. The molecule has 7 unspecified atom stereocenters. The third kappa shape index (κ3) is 3.08. The van der Waals surface area contributed by atoms with Crippen LogP contribution in [-0.2, 0) is 32.6 Å². The quantitative estimate of drug-likeness (QED) is 0.628. The number of fused-ring (bicyclic) bond motifs is 1. The summed E-state index contributed by atoms with van der Waals surface area (Å²) in [5, 5.41) is 9.66. The van der Waals surface area contributed by atoms with E-state index in [0.29, 0.717) is 0 Å². The molecule has 3 heterocycles. The smallest absolute Gasteiger partial charge is 0.370 e. The summed E-state index contributed by atoms with van der Waals surface area (Å²) in [4.78, 5) is 0. The molecular formula is C10H14F2O8P+. The molecule has 3 saturated heterocycles. The Morgan fingerprint density at radius 1 is 1.14 bits per heavy atom. The lowest BCUT2D eigenvalue weighted by molar-refractivity contribution is -0.465. The number of aliphatic hydroxyl groups excluding tert-OH is 1. The molecule has 120 valence electrons. The van der Waals surface area contributed by atoms with Gasteiger partial charge >= 0.3 is 14.2 Å². The van der Waals surface area contributed by atoms with Gasteiger partial charge in [0.15, 0.2) is 12.5 Å². The second-order valence-electron chi connectivity index (χ2n) is 4.75. The van der Waals surface area contributed by atoms with Gasteiger partial charge in [-0.1, -0.05) is 0 Å². The van der Waals surface area contributed by atoms with Crippen LogP contribution in [0.5, 0.6) is 0 Å². The maximum atomic E-state index is 13.6. The Labute approximate surface area is 119 Å². The molecule has 0 aromatic carbocycles. The molecule has 3 aliphatic rings. The normalized spacial score (nSPS) is 50.2. The number of hydrogen-bond acceptors (Lipinski definition) is 8. The number of hydrogen-bond donors (Lipinski definition) is 1. The molecular weight excluding hydrogens is 317 g/mol. The number of aliphatic hydroxyl groups is 1. The van der Waals surface area contributed by atoms with Crippen molar-refractivity contribution in [3.63, 3.8) is 0 Å². The molecule has 21 heavy (non-hydrogen) atoms. The summed E-state index contributed by atoms with van der Waals surface area (Å²) in [5.41, 5.74) is 0. The second kappa shape index (κ2) is 6.05. The molecule has 3 rings (SSSR count). The van der Waals surface area contributed by atoms with Crippen molar-refractivity contribution >= 4 is 8.25 Å². The number of rotatable bonds is 0. The van der Waals surface area contributed by atoms with Crippen LogP contribution in [0.4, 0.5) is 8.78 Å². The largest absolute Gasteiger partial charge is 0.703 e. The fourth-order valence-electron chi connectivity index (χ4n) is 2.17. The van der Waals surface area contributed by atoms with E-state index in [-0.39, 0.29) is 19.8 Å². The minimum Gasteiger partial charge on any atom is -0.370 e. The summed E-state index contributed by atoms with van der Waals surface area (Å²) in [7, 11) is -2.81. The van der Waals surface area contributed by atoms with Crippen LogP contribution in [0, 0.1) is 0 Å². The highest BCUT2D eigenvalue weighted by Crippen LogP contribution is 2.43. The molecule has 8 nitrogen and oxygen atoms in total. The van der Waals surface area contributed by atoms with E-state index in [1.165, 1.54) is 0 Å². The lowest BCUT2D eigenvalue weighted by atomic mass is 10.2. The Bertz CT molecular complexity index is 415. The molecule has 1 spiro atoms. The average Bonchev–Trinajstić information content (AvgIpc) is 2.79. The molecule has 0 bridgehead atoms. The predicted octanol–water partition coefficient (Wildman–Crippen LogP) is 0.170. The van der Waals surface area contributed by atoms with E-state index in [1.807, 2.05) is 0 Å². The van der Waals surface area contributed by atoms with E-state index in [2.05, 4.69) is 0 Å². The summed E-state index contributed by atoms with van der Waals surface area (Å²) in [5.74, 6) is -2.30. The van der Waals surface area contributed by atoms with E-state index < -0.39 is 51.7 Å². The summed E-state index contributed by atoms with van der Waals surface area (Å²) >= 11 is 0. The van der Waals surface area contributed by atoms with Crippen LogP contribution in [0.2, 0.25) is 0 Å². The summed E-state index contributed by atoms with van der Waals surface area (Å²) in [6.45, 7) is -1.27. The van der Waals surface area contributed by atoms with Crippen molar-refractivity contribution in [2.24, 2.45) is 0 Å². The predicted molar refractivity (Wildman–Crippen MR) is 59.7 cm³/mol. The van der Waals surface area contributed by atoms with Gasteiger partial charge in [-0.2, -0.15) is 0 Å². The molecule has 0 aliphatic carbocycles. The Hall–Kier alpha value is -0.320. The van der Waals surface area contributed by atoms with Crippen LogP contribution in [0.25, 0.3) is 0 Å². The average molecular weight is 331 g/mol. The fraction of sp³-hybridized carbons (Fsp3) is 1.00. The zero-order valence-electron chi connectivity index (χ0n) is 10.7. The maximum Gasteiger partial charge on any atom is 0.703 e. The number of alkyl halides is 2. The van der Waals surface area contributed by atoms with Crippen LogP contribution < -0.4 is 0 Å². The topological polar surface area (TPSA) is 92.7 Å². The molecule has 0 saturated carbocycles. The Kier molecular flexibility index (Phi) is 4.49. The summed E-state index contributed by atoms with van der Waals surface area (Å²) in [6, 6.07) is 0. The fourth-order valence-corrected chi connectivity index (χ4v) is 2.91. The first kappa shape index (κ1) is 15.6. The molecule has 1 N–H and O–H groups in total. The molecule has 0 aromatic heterocycles. The van der Waals surface area contributed by atoms with E-state index in [4.69, 9.17) is 28.0 Å². The van der Waals surface area contributed by atoms with Gasteiger partial charge in [0.05, 0.1) is 19.8 Å². The zero-order valence-corrected chi connectivity index (χ0v) is 11.6. The molecule has 7 atom stereocenters. The minimum absolute atomic E-state index is 0.201. The van der Waals surface area contributed by atoms with Gasteiger partial charge in [0.25, 0.3) is 0 Å². The van der Waals surface area contributed by atoms with Gasteiger partial charge in [-0.15, -0.1) is 4.52 Å². The van der Waals surface area contributed by atoms with Gasteiger partial charge < -0.3 is 19.3 Å². The third-order valence-corrected chi connectivity index (χ3v) is 4.05. The maximum absolute atomic E-state index is 13.6. The lowest BCUT2D eigenvalue weighted by Crippen LogP contribution is -2.60. The summed E-state index contributed by atoms with van der Waals surface area (Å²) in [6.07, 6.45) is -6.65. The molecule has 3 fully saturated rings. The molecule has 0 amide bonds. The van der Waals surface area contributed by atoms with Gasteiger partial charge in [-0.25, -0.2) is 8.78 Å². The molecule has 0 radical (unpaired) electrons. The van der Waals surface area contributed by atoms with Gasteiger partial charge in [-0.05, 0) is 4.52 Å². The molecule has 11 heteroatoms. The second-order valence-corrected chi connectivity index (χ2v) is 5.64. The van der Waals surface area contributed by atoms with E-state index in [1.54, 1.807) is 0 Å². The highest BCUT2D eigenvalue weighted by Gasteiger charge is 2.61. The Morgan fingerprint density at radius 2 is 1.95 bits per heavy atom. The number of ether oxygens (including phenoxy) is 4. The zero-order chi connectivity index (χ0) is 15.0. The van der Waals surface area contributed by atoms with Gasteiger partial charge in [0, 0.05) is 4.57 Å². The Balaban J connectivity index is 1.73. The van der Waals surface area contributed by atoms with Crippen molar-refractivity contribution in [1.82, 2.24) is 0 Å². The van der Waals surface area contributed by atoms with Crippen LogP contribution in [-0.4, -0.2) is 68.3 Å². The van der Waals surface area contributed by atoms with Crippen molar-refractivity contribution in [3.8, 4) is 0 Å². The number of halogens is 2. The highest BCUT2D eigenvalue weighted by atomic mass is 31.1. The van der Waals surface area contributed by atoms with Crippen molar-refractivity contribution in [1.29, 1.82) is 0 Å². The highest BCUT2D eigenvalue weighted by molar-refractivity contribution is 7.33. The van der Waals surface area contributed by atoms with Gasteiger partial charge in [0.2, 0.25) is 6.17 Å². The van der Waals surface area contributed by atoms with Crippen LogP contribution in [0.15, 0.2) is 0 Å². The van der Waals surface area contributed by atoms with Crippen LogP contribution in [0.3, 0.4) is 0 Å². The van der Waals surface area contributed by atoms with Crippen molar-refractivity contribution in [2.75, 3.05) is 26.4 Å². The summed E-state index contributed by atoms with van der Waals surface area (Å²) < 4.78 is 68.4. The van der Waals surface area contributed by atoms with Gasteiger partial charge in [0.1, 0.15) is 18.8 Å². The van der Waals surface area contributed by atoms with E-state index in [9.17, 15) is 18.5 Å². The first-order chi connectivity index (χ1) is 10.00. The standard InChI is InChI=1S/C10H14F2O8P/c11-5-1-15-6-2-18-21(14)20-10(7(12)3-17-10)19-8(13)4-16-9(5)6/h5-9,13H,1-4H2/q+1. The van der Waals surface area contributed by atoms with Crippen molar-refractivity contribution in [3.05, 3.63) is 0 Å². The molecule has 0 aromatic rings. The molecule has 3 aliphatic heterocycles. The van der Waals surface area contributed by atoms with Crippen molar-refractivity contribution < 1.29 is 46.4 Å². The van der Waals surface area contributed by atoms with Crippen LogP contribution in [0.1, 0.15) is 0 Å². The van der Waals surface area contributed by atoms with Crippen molar-refractivity contribution in [2.45, 2.75) is 36.8 Å². The minimum atomic E-state index is -2.81. The van der Waals surface area contributed by atoms with E-state index >= 15 is 0 Å². The SMILES string of the molecule is O=[P+]1OCC2OCC(F)C2OCC(O)OC2(OCC2F)O1. The monoisotopic (exact) mass is 331 g/mol. The third-order valence-electron chi connectivity index (χ3n) is 3.28. The first-order valence-electron chi connectivity index (χ1n) is 6.30. The Morgan fingerprint density at radius 3 is 2.62 bits per heavy atom. The lowest BCUT2D eigenvalue weighted by Gasteiger charge is -2.39. The van der Waals surface area contributed by atoms with E-state index in [0.717, 1.165) is 0 Å².